The van der Waals surface area contributed by atoms with Crippen LogP contribution >= 0.6 is 24.2 Å². The van der Waals surface area contributed by atoms with E-state index in [0.717, 1.165) is 18.1 Å². The summed E-state index contributed by atoms with van der Waals surface area (Å²) < 4.78 is 11.0. The van der Waals surface area contributed by atoms with Gasteiger partial charge in [-0.05, 0) is 26.0 Å². The van der Waals surface area contributed by atoms with Crippen LogP contribution in [0.25, 0.3) is 0 Å². The van der Waals surface area contributed by atoms with Crippen LogP contribution in [0.3, 0.4) is 0 Å². The highest BCUT2D eigenvalue weighted by Crippen LogP contribution is 2.30. The maximum Gasteiger partial charge on any atom is 0.226 e. The molecule has 1 amide bonds. The quantitative estimate of drug-likeness (QED) is 0.816. The largest absolute Gasteiger partial charge is 0.497 e. The minimum atomic E-state index is -0.0122. The Morgan fingerprint density at radius 3 is 2.87 bits per heavy atom. The number of thioether (sulfide) groups is 1. The predicted molar refractivity (Wildman–Crippen MR) is 98.4 cm³/mol. The van der Waals surface area contributed by atoms with Crippen LogP contribution in [-0.2, 0) is 4.79 Å². The van der Waals surface area contributed by atoms with Gasteiger partial charge < -0.3 is 20.1 Å². The number of hydrogen-bond acceptors (Lipinski definition) is 5. The van der Waals surface area contributed by atoms with Gasteiger partial charge in [0, 0.05) is 36.6 Å². The van der Waals surface area contributed by atoms with E-state index < -0.39 is 0 Å². The van der Waals surface area contributed by atoms with E-state index in [4.69, 9.17) is 9.47 Å². The molecular weight excluding hydrogens is 336 g/mol. The number of hydrogen-bond donors (Lipinski definition) is 2. The van der Waals surface area contributed by atoms with Crippen molar-refractivity contribution in [3.63, 3.8) is 0 Å². The second-order valence-corrected chi connectivity index (χ2v) is 6.66. The highest BCUT2D eigenvalue weighted by Gasteiger charge is 2.18. The third-order valence-electron chi connectivity index (χ3n) is 3.25. The number of benzene rings is 1. The van der Waals surface area contributed by atoms with E-state index in [9.17, 15) is 4.79 Å². The zero-order valence-corrected chi connectivity index (χ0v) is 15.4. The molecule has 1 saturated heterocycles. The van der Waals surface area contributed by atoms with E-state index in [0.29, 0.717) is 23.6 Å². The number of ether oxygens (including phenoxy) is 2. The van der Waals surface area contributed by atoms with Crippen LogP contribution in [0.4, 0.5) is 5.69 Å². The van der Waals surface area contributed by atoms with E-state index in [2.05, 4.69) is 10.6 Å². The second kappa shape index (κ2) is 9.90. The normalized spacial score (nSPS) is 17.3. The minimum absolute atomic E-state index is 0. The highest BCUT2D eigenvalue weighted by molar-refractivity contribution is 7.99. The summed E-state index contributed by atoms with van der Waals surface area (Å²) >= 11 is 1.88. The van der Waals surface area contributed by atoms with Crippen LogP contribution in [0.5, 0.6) is 11.5 Å². The Balaban J connectivity index is 0.00000264. The number of halogens is 1. The van der Waals surface area contributed by atoms with Crippen molar-refractivity contribution in [2.45, 2.75) is 32.4 Å². The summed E-state index contributed by atoms with van der Waals surface area (Å²) in [7, 11) is 1.60. The molecule has 23 heavy (non-hydrogen) atoms. The molecule has 1 aliphatic rings. The number of anilines is 1. The van der Waals surface area contributed by atoms with Gasteiger partial charge in [0.1, 0.15) is 11.5 Å². The molecule has 1 aliphatic heterocycles. The Bertz CT molecular complexity index is 508. The monoisotopic (exact) mass is 360 g/mol. The maximum atomic E-state index is 12.3. The maximum absolute atomic E-state index is 12.3. The summed E-state index contributed by atoms with van der Waals surface area (Å²) in [5.74, 6) is 3.43. The summed E-state index contributed by atoms with van der Waals surface area (Å²) in [6.45, 7) is 4.88. The highest BCUT2D eigenvalue weighted by atomic mass is 35.5. The fourth-order valence-electron chi connectivity index (χ4n) is 2.27. The van der Waals surface area contributed by atoms with Crippen molar-refractivity contribution in [2.24, 2.45) is 0 Å². The Morgan fingerprint density at radius 2 is 2.26 bits per heavy atom. The molecule has 1 unspecified atom stereocenters. The summed E-state index contributed by atoms with van der Waals surface area (Å²) in [6.07, 6.45) is 0.506. The van der Waals surface area contributed by atoms with Gasteiger partial charge in [0.05, 0.1) is 18.9 Å². The average Bonchev–Trinajstić information content (AvgIpc) is 2.49. The summed E-state index contributed by atoms with van der Waals surface area (Å²) in [5.41, 5.74) is 0.654. The predicted octanol–water partition coefficient (Wildman–Crippen LogP) is 2.94. The second-order valence-electron chi connectivity index (χ2n) is 5.51. The van der Waals surface area contributed by atoms with Crippen LogP contribution < -0.4 is 20.1 Å². The lowest BCUT2D eigenvalue weighted by Gasteiger charge is -2.23. The van der Waals surface area contributed by atoms with Crippen molar-refractivity contribution < 1.29 is 14.3 Å². The molecule has 1 atom stereocenters. The number of methoxy groups -OCH3 is 1. The molecule has 1 fully saturated rings. The van der Waals surface area contributed by atoms with Crippen molar-refractivity contribution in [2.75, 3.05) is 30.5 Å². The van der Waals surface area contributed by atoms with Crippen molar-refractivity contribution in [1.82, 2.24) is 5.32 Å². The summed E-state index contributed by atoms with van der Waals surface area (Å²) in [4.78, 5) is 12.3. The Morgan fingerprint density at radius 1 is 1.48 bits per heavy atom. The van der Waals surface area contributed by atoms with Crippen LogP contribution in [0.1, 0.15) is 20.3 Å². The van der Waals surface area contributed by atoms with E-state index >= 15 is 0 Å². The summed E-state index contributed by atoms with van der Waals surface area (Å²) in [5, 5.41) is 6.31. The fraction of sp³-hybridized carbons (Fsp3) is 0.562. The molecule has 0 bridgehead atoms. The number of carbonyl (C=O) groups excluding carboxylic acids is 1. The molecule has 130 valence electrons. The van der Waals surface area contributed by atoms with Gasteiger partial charge in [0.2, 0.25) is 5.91 Å². The number of carbonyl (C=O) groups is 1. The Hall–Kier alpha value is -1.11. The first kappa shape index (κ1) is 19.9. The minimum Gasteiger partial charge on any atom is -0.497 e. The first-order chi connectivity index (χ1) is 10.6. The molecule has 7 heteroatoms. The van der Waals surface area contributed by atoms with Gasteiger partial charge in [-0.1, -0.05) is 0 Å². The van der Waals surface area contributed by atoms with Crippen LogP contribution in [0.2, 0.25) is 0 Å². The molecule has 0 saturated carbocycles. The van der Waals surface area contributed by atoms with Gasteiger partial charge in [-0.25, -0.2) is 0 Å². The van der Waals surface area contributed by atoms with Crippen molar-refractivity contribution in [1.29, 1.82) is 0 Å². The third-order valence-corrected chi connectivity index (χ3v) is 4.38. The zero-order chi connectivity index (χ0) is 15.9. The molecule has 1 heterocycles. The molecular formula is C16H25ClN2O3S. The number of nitrogens with one attached hydrogen (secondary N) is 2. The Kier molecular flexibility index (Phi) is 8.58. The average molecular weight is 361 g/mol. The van der Waals surface area contributed by atoms with Gasteiger partial charge in [-0.2, -0.15) is 11.8 Å². The molecule has 5 nitrogen and oxygen atoms in total. The molecule has 0 spiro atoms. The van der Waals surface area contributed by atoms with Crippen molar-refractivity contribution in [3.8, 4) is 11.5 Å². The lowest BCUT2D eigenvalue weighted by Crippen LogP contribution is -2.39. The van der Waals surface area contributed by atoms with E-state index in [-0.39, 0.29) is 30.5 Å². The smallest absolute Gasteiger partial charge is 0.226 e. The first-order valence-electron chi connectivity index (χ1n) is 7.54. The molecule has 2 rings (SSSR count). The van der Waals surface area contributed by atoms with Crippen molar-refractivity contribution >= 4 is 35.8 Å². The van der Waals surface area contributed by atoms with Crippen LogP contribution in [-0.4, -0.2) is 43.2 Å². The van der Waals surface area contributed by atoms with Crippen LogP contribution in [0.15, 0.2) is 18.2 Å². The molecule has 0 radical (unpaired) electrons. The van der Waals surface area contributed by atoms with E-state index in [1.54, 1.807) is 13.2 Å². The summed E-state index contributed by atoms with van der Waals surface area (Å²) in [6, 6.07) is 5.67. The number of rotatable bonds is 6. The van der Waals surface area contributed by atoms with Gasteiger partial charge in [-0.15, -0.1) is 12.4 Å². The lowest BCUT2D eigenvalue weighted by atomic mass is 10.2. The third kappa shape index (κ3) is 6.49. The molecule has 1 aromatic carbocycles. The Labute approximate surface area is 148 Å². The van der Waals surface area contributed by atoms with E-state index in [1.807, 2.05) is 37.7 Å². The molecule has 0 aliphatic carbocycles. The SMILES string of the molecule is COc1ccc(OC(C)C)c(NC(=O)CC2CSCCN2)c1.Cl. The number of amides is 1. The standard InChI is InChI=1S/C16H24N2O3S.ClH/c1-11(2)21-15-5-4-13(20-3)9-14(15)18-16(19)8-12-10-22-7-6-17-12;/h4-5,9,11-12,17H,6-8,10H2,1-3H3,(H,18,19);1H. The zero-order valence-electron chi connectivity index (χ0n) is 13.8. The van der Waals surface area contributed by atoms with Gasteiger partial charge in [0.15, 0.2) is 0 Å². The van der Waals surface area contributed by atoms with Crippen molar-refractivity contribution in [3.05, 3.63) is 18.2 Å². The topological polar surface area (TPSA) is 59.6 Å². The molecule has 1 aromatic rings. The molecule has 2 N–H and O–H groups in total. The fourth-order valence-corrected chi connectivity index (χ4v) is 3.22. The van der Waals surface area contributed by atoms with Gasteiger partial charge in [-0.3, -0.25) is 4.79 Å². The lowest BCUT2D eigenvalue weighted by molar-refractivity contribution is -0.116. The molecule has 0 aromatic heterocycles. The van der Waals surface area contributed by atoms with E-state index in [1.165, 1.54) is 0 Å². The van der Waals surface area contributed by atoms with Crippen LogP contribution in [0, 0.1) is 0 Å². The van der Waals surface area contributed by atoms with Gasteiger partial charge in [0.25, 0.3) is 0 Å². The first-order valence-corrected chi connectivity index (χ1v) is 8.69. The van der Waals surface area contributed by atoms with Gasteiger partial charge >= 0.3 is 0 Å².